The van der Waals surface area contributed by atoms with Gasteiger partial charge >= 0.3 is 5.63 Å². The zero-order valence-electron chi connectivity index (χ0n) is 37.9. The van der Waals surface area contributed by atoms with Crippen molar-refractivity contribution in [3.63, 3.8) is 0 Å². The standard InChI is InChI=1S/C57H58O10/c1-40-27-29-46(30-28-40)64-54-51(60-35-42-19-9-3-10-20-42)48-32-31-47(33-49(48)66-56(54)58)65-57-55(63-38-45-25-15-6-16-26-45)53(62-37-44-23-13-5-14-24-44)52(61-36-43-21-11-4-12-22-43)50(67-57)39-59-34-41-17-7-2-8-18-41/h2-26,31-33,40,46,50,52-53,55,57H,27-30,34-39H2,1H3/t40-,46-,50-,52-,53+,55-,57-/m1/s1. The Hall–Kier alpha value is -6.27. The summed E-state index contributed by atoms with van der Waals surface area (Å²) in [5.41, 5.74) is 4.59. The SMILES string of the molecule is C[C@H]1CC[C@H](Oc2c(OCc3ccccc3)c3ccc(O[C@@H]4O[C@H](COCc5ccccc5)[C@@H](OCc5ccccc5)[C@H](OCc5ccccc5)[C@H]4OCc4ccccc4)cc3oc2=O)CC1. The van der Waals surface area contributed by atoms with Gasteiger partial charge in [-0.15, -0.1) is 0 Å². The van der Waals surface area contributed by atoms with Gasteiger partial charge in [-0.05, 0) is 71.6 Å². The van der Waals surface area contributed by atoms with Gasteiger partial charge in [0.15, 0.2) is 5.75 Å². The predicted molar refractivity (Wildman–Crippen MR) is 256 cm³/mol. The van der Waals surface area contributed by atoms with Crippen molar-refractivity contribution in [3.8, 4) is 17.2 Å². The number of fused-ring (bicyclic) bond motifs is 1. The second-order valence-corrected chi connectivity index (χ2v) is 17.4. The minimum absolute atomic E-state index is 0.0833. The molecule has 0 amide bonds. The molecule has 1 aliphatic carbocycles. The lowest BCUT2D eigenvalue weighted by Crippen LogP contribution is -2.62. The highest BCUT2D eigenvalue weighted by molar-refractivity contribution is 5.86. The minimum Gasteiger partial charge on any atom is -0.484 e. The molecule has 2 aliphatic rings. The first-order valence-corrected chi connectivity index (χ1v) is 23.4. The highest BCUT2D eigenvalue weighted by Gasteiger charge is 2.50. The molecule has 0 unspecified atom stereocenters. The fraction of sp³-hybridized carbons (Fsp3) is 0.316. The average Bonchev–Trinajstić information content (AvgIpc) is 3.37. The molecule has 1 saturated heterocycles. The summed E-state index contributed by atoms with van der Waals surface area (Å²) >= 11 is 0. The molecule has 9 rings (SSSR count). The maximum atomic E-state index is 14.0. The van der Waals surface area contributed by atoms with Gasteiger partial charge in [-0.3, -0.25) is 0 Å². The molecule has 5 atom stereocenters. The van der Waals surface area contributed by atoms with Crippen LogP contribution in [-0.4, -0.2) is 43.4 Å². The van der Waals surface area contributed by atoms with Gasteiger partial charge in [-0.1, -0.05) is 159 Å². The Balaban J connectivity index is 1.06. The van der Waals surface area contributed by atoms with Gasteiger partial charge in [0, 0.05) is 6.07 Å². The molecule has 1 aliphatic heterocycles. The van der Waals surface area contributed by atoms with Gasteiger partial charge in [0.1, 0.15) is 42.4 Å². The molecule has 346 valence electrons. The number of hydrogen-bond acceptors (Lipinski definition) is 10. The summed E-state index contributed by atoms with van der Waals surface area (Å²) in [5, 5.41) is 0.578. The van der Waals surface area contributed by atoms with Crippen LogP contribution in [0.2, 0.25) is 0 Å². The highest BCUT2D eigenvalue weighted by Crippen LogP contribution is 2.39. The summed E-state index contributed by atoms with van der Waals surface area (Å²) in [6.45, 7) is 3.85. The van der Waals surface area contributed by atoms with E-state index in [-0.39, 0.29) is 43.9 Å². The summed E-state index contributed by atoms with van der Waals surface area (Å²) in [6, 6.07) is 55.2. The number of ether oxygens (including phenoxy) is 8. The van der Waals surface area contributed by atoms with E-state index in [0.29, 0.717) is 36.0 Å². The Morgan fingerprint density at radius 2 is 1.00 bits per heavy atom. The molecule has 1 aromatic heterocycles. The van der Waals surface area contributed by atoms with Crippen LogP contribution in [0.1, 0.15) is 60.4 Å². The van der Waals surface area contributed by atoms with E-state index in [9.17, 15) is 4.79 Å². The molecule has 2 heterocycles. The summed E-state index contributed by atoms with van der Waals surface area (Å²) in [5.74, 6) is 1.42. The normalized spacial score (nSPS) is 21.7. The molecule has 0 radical (unpaired) electrons. The van der Waals surface area contributed by atoms with Crippen molar-refractivity contribution >= 4 is 11.0 Å². The van der Waals surface area contributed by atoms with Crippen LogP contribution in [0.25, 0.3) is 11.0 Å². The van der Waals surface area contributed by atoms with Crippen LogP contribution in [0.4, 0.5) is 0 Å². The van der Waals surface area contributed by atoms with Crippen LogP contribution in [0.15, 0.2) is 179 Å². The third-order valence-corrected chi connectivity index (χ3v) is 12.4. The van der Waals surface area contributed by atoms with Crippen LogP contribution >= 0.6 is 0 Å². The van der Waals surface area contributed by atoms with Gasteiger partial charge in [0.05, 0.1) is 44.5 Å². The minimum atomic E-state index is -1.03. The molecule has 10 heteroatoms. The molecule has 0 N–H and O–H groups in total. The van der Waals surface area contributed by atoms with E-state index < -0.39 is 36.3 Å². The summed E-state index contributed by atoms with van der Waals surface area (Å²) in [7, 11) is 0. The first-order chi connectivity index (χ1) is 33.0. The lowest BCUT2D eigenvalue weighted by atomic mass is 9.89. The topological polar surface area (TPSA) is 104 Å². The van der Waals surface area contributed by atoms with Gasteiger partial charge in [0.25, 0.3) is 0 Å². The quantitative estimate of drug-likeness (QED) is 0.0687. The Kier molecular flexibility index (Phi) is 15.7. The molecule has 0 bridgehead atoms. The Bertz CT molecular complexity index is 2620. The third-order valence-electron chi connectivity index (χ3n) is 12.4. The molecular weight excluding hydrogens is 845 g/mol. The second kappa shape index (κ2) is 23.0. The van der Waals surface area contributed by atoms with Gasteiger partial charge in [-0.25, -0.2) is 4.79 Å². The summed E-state index contributed by atoms with van der Waals surface area (Å²) in [6.07, 6.45) is -0.192. The van der Waals surface area contributed by atoms with Crippen molar-refractivity contribution in [2.24, 2.45) is 5.92 Å². The fourth-order valence-corrected chi connectivity index (χ4v) is 8.67. The van der Waals surface area contributed by atoms with Crippen molar-refractivity contribution in [1.82, 2.24) is 0 Å². The van der Waals surface area contributed by atoms with Crippen molar-refractivity contribution in [2.75, 3.05) is 6.61 Å². The predicted octanol–water partition coefficient (Wildman–Crippen LogP) is 11.4. The van der Waals surface area contributed by atoms with Gasteiger partial charge in [0.2, 0.25) is 12.0 Å². The summed E-state index contributed by atoms with van der Waals surface area (Å²) < 4.78 is 59.8. The van der Waals surface area contributed by atoms with Crippen molar-refractivity contribution < 1.29 is 42.3 Å². The maximum Gasteiger partial charge on any atom is 0.383 e. The first-order valence-electron chi connectivity index (χ1n) is 23.4. The lowest BCUT2D eigenvalue weighted by molar-refractivity contribution is -0.310. The third kappa shape index (κ3) is 12.4. The molecule has 10 nitrogen and oxygen atoms in total. The second-order valence-electron chi connectivity index (χ2n) is 17.4. The monoisotopic (exact) mass is 902 g/mol. The van der Waals surface area contributed by atoms with Crippen molar-refractivity contribution in [2.45, 2.75) is 102 Å². The van der Waals surface area contributed by atoms with Crippen LogP contribution in [-0.2, 0) is 56.7 Å². The first kappa shape index (κ1) is 45.9. The van der Waals surface area contributed by atoms with Crippen LogP contribution in [0.3, 0.4) is 0 Å². The molecule has 7 aromatic rings. The lowest BCUT2D eigenvalue weighted by Gasteiger charge is -2.45. The van der Waals surface area contributed by atoms with E-state index in [1.807, 2.05) is 164 Å². The molecule has 2 fully saturated rings. The molecule has 6 aromatic carbocycles. The average molecular weight is 903 g/mol. The zero-order chi connectivity index (χ0) is 45.6. The highest BCUT2D eigenvalue weighted by atomic mass is 16.7. The Morgan fingerprint density at radius 3 is 1.55 bits per heavy atom. The fourth-order valence-electron chi connectivity index (χ4n) is 8.67. The molecule has 67 heavy (non-hydrogen) atoms. The van der Waals surface area contributed by atoms with E-state index in [4.69, 9.17) is 42.3 Å². The van der Waals surface area contributed by atoms with Gasteiger partial charge < -0.3 is 42.3 Å². The number of rotatable bonds is 20. The van der Waals surface area contributed by atoms with E-state index >= 15 is 0 Å². The van der Waals surface area contributed by atoms with E-state index in [0.717, 1.165) is 53.5 Å². The number of benzene rings is 6. The zero-order valence-corrected chi connectivity index (χ0v) is 37.9. The van der Waals surface area contributed by atoms with Crippen LogP contribution in [0, 0.1) is 5.92 Å². The largest absolute Gasteiger partial charge is 0.484 e. The van der Waals surface area contributed by atoms with Gasteiger partial charge in [-0.2, -0.15) is 0 Å². The van der Waals surface area contributed by atoms with Crippen molar-refractivity contribution in [3.05, 3.63) is 208 Å². The molecule has 0 spiro atoms. The van der Waals surface area contributed by atoms with E-state index in [2.05, 4.69) is 6.92 Å². The van der Waals surface area contributed by atoms with Crippen LogP contribution < -0.4 is 19.8 Å². The Morgan fingerprint density at radius 1 is 0.507 bits per heavy atom. The van der Waals surface area contributed by atoms with E-state index in [1.54, 1.807) is 6.07 Å². The Labute approximate surface area is 392 Å². The molecule has 1 saturated carbocycles. The van der Waals surface area contributed by atoms with Crippen LogP contribution in [0.5, 0.6) is 17.2 Å². The molecular formula is C57H58O10. The smallest absolute Gasteiger partial charge is 0.383 e. The number of hydrogen-bond donors (Lipinski definition) is 0. The van der Waals surface area contributed by atoms with Crippen molar-refractivity contribution in [1.29, 1.82) is 0 Å². The maximum absolute atomic E-state index is 14.0. The van der Waals surface area contributed by atoms with E-state index in [1.165, 1.54) is 0 Å². The summed E-state index contributed by atoms with van der Waals surface area (Å²) in [4.78, 5) is 14.0.